The molecule has 156 valence electrons. The van der Waals surface area contributed by atoms with Gasteiger partial charge in [0.15, 0.2) is 0 Å². The zero-order valence-corrected chi connectivity index (χ0v) is 17.3. The average molecular weight is 422 g/mol. The van der Waals surface area contributed by atoms with E-state index in [1.807, 2.05) is 6.92 Å². The molecule has 2 aromatic rings. The molecule has 0 aliphatic carbocycles. The second-order valence-electron chi connectivity index (χ2n) is 7.40. The van der Waals surface area contributed by atoms with Gasteiger partial charge in [-0.1, -0.05) is 11.6 Å². The molecule has 1 aromatic heterocycles. The number of piperidine rings is 1. The van der Waals surface area contributed by atoms with Crippen LogP contribution in [-0.2, 0) is 16.0 Å². The summed E-state index contributed by atoms with van der Waals surface area (Å²) in [7, 11) is 1.49. The number of carbonyl (C=O) groups is 2. The van der Waals surface area contributed by atoms with Gasteiger partial charge in [-0.25, -0.2) is 4.79 Å². The van der Waals surface area contributed by atoms with Crippen molar-refractivity contribution in [2.75, 3.05) is 20.2 Å². The third kappa shape index (κ3) is 4.72. The number of halogens is 1. The molecule has 1 aromatic carbocycles. The van der Waals surface area contributed by atoms with E-state index < -0.39 is 11.6 Å². The minimum absolute atomic E-state index is 0.0366. The lowest BCUT2D eigenvalue weighted by Crippen LogP contribution is -2.39. The molecular formula is C21H24ClNO6. The van der Waals surface area contributed by atoms with Crippen LogP contribution < -0.4 is 10.4 Å². The van der Waals surface area contributed by atoms with Crippen molar-refractivity contribution in [3.8, 4) is 5.75 Å². The molecule has 3 rings (SSSR count). The van der Waals surface area contributed by atoms with Gasteiger partial charge in [0.2, 0.25) is 5.91 Å². The highest BCUT2D eigenvalue weighted by atomic mass is 35.5. The number of methoxy groups -OCH3 is 1. The van der Waals surface area contributed by atoms with Gasteiger partial charge in [-0.05, 0) is 43.7 Å². The first kappa shape index (κ1) is 21.2. The number of hydrogen-bond acceptors (Lipinski definition) is 5. The zero-order valence-electron chi connectivity index (χ0n) is 16.5. The standard InChI is InChI=1S/C21H24ClNO6/c1-12-14(21(27)29-17-11-18(28-2)16(22)10-15(12)17)3-4-19(24)23-7-5-13(6-8-23)9-20(25)26/h10-11,13H,3-9H2,1-2H3,(H,25,26). The Balaban J connectivity index is 1.70. The number of hydrogen-bond donors (Lipinski definition) is 1. The Hall–Kier alpha value is -2.54. The first-order chi connectivity index (χ1) is 13.8. The number of rotatable bonds is 6. The third-order valence-electron chi connectivity index (χ3n) is 5.58. The molecule has 0 bridgehead atoms. The van der Waals surface area contributed by atoms with Crippen molar-refractivity contribution in [2.24, 2.45) is 5.92 Å². The van der Waals surface area contributed by atoms with Gasteiger partial charge < -0.3 is 19.2 Å². The Labute approximate surface area is 173 Å². The molecule has 1 amide bonds. The van der Waals surface area contributed by atoms with Gasteiger partial charge in [-0.2, -0.15) is 0 Å². The quantitative estimate of drug-likeness (QED) is 0.718. The van der Waals surface area contributed by atoms with Crippen LogP contribution in [0, 0.1) is 12.8 Å². The van der Waals surface area contributed by atoms with Crippen molar-refractivity contribution < 1.29 is 23.8 Å². The number of likely N-dealkylation sites (tertiary alicyclic amines) is 1. The molecule has 0 radical (unpaired) electrons. The highest BCUT2D eigenvalue weighted by Gasteiger charge is 2.24. The van der Waals surface area contributed by atoms with Gasteiger partial charge >= 0.3 is 11.6 Å². The Morgan fingerprint density at radius 3 is 2.62 bits per heavy atom. The Morgan fingerprint density at radius 1 is 1.31 bits per heavy atom. The van der Waals surface area contributed by atoms with Crippen LogP contribution in [0.25, 0.3) is 11.0 Å². The number of fused-ring (bicyclic) bond motifs is 1. The monoisotopic (exact) mass is 421 g/mol. The first-order valence-corrected chi connectivity index (χ1v) is 9.97. The van der Waals surface area contributed by atoms with E-state index >= 15 is 0 Å². The van der Waals surface area contributed by atoms with Crippen LogP contribution in [0.15, 0.2) is 21.3 Å². The van der Waals surface area contributed by atoms with E-state index in [0.717, 1.165) is 5.56 Å². The minimum atomic E-state index is -0.800. The van der Waals surface area contributed by atoms with E-state index in [4.69, 9.17) is 25.9 Å². The van der Waals surface area contributed by atoms with E-state index in [0.29, 0.717) is 53.2 Å². The second-order valence-corrected chi connectivity index (χ2v) is 7.81. The number of ether oxygens (including phenoxy) is 1. The smallest absolute Gasteiger partial charge is 0.339 e. The van der Waals surface area contributed by atoms with Crippen LogP contribution >= 0.6 is 11.6 Å². The summed E-state index contributed by atoms with van der Waals surface area (Å²) in [6, 6.07) is 3.29. The van der Waals surface area contributed by atoms with Crippen LogP contribution in [-0.4, -0.2) is 42.1 Å². The molecule has 0 saturated carbocycles. The molecule has 8 heteroatoms. The number of carboxylic acid groups (broad SMARTS) is 1. The molecule has 1 N–H and O–H groups in total. The number of aryl methyl sites for hydroxylation is 1. The normalized spacial score (nSPS) is 14.9. The van der Waals surface area contributed by atoms with Crippen LogP contribution in [0.4, 0.5) is 0 Å². The lowest BCUT2D eigenvalue weighted by molar-refractivity contribution is -0.138. The summed E-state index contributed by atoms with van der Waals surface area (Å²) in [5.74, 6) is -0.291. The zero-order chi connectivity index (χ0) is 21.1. The van der Waals surface area contributed by atoms with Crippen molar-refractivity contribution in [3.05, 3.63) is 38.7 Å². The molecule has 29 heavy (non-hydrogen) atoms. The molecule has 1 aliphatic heterocycles. The molecule has 1 saturated heterocycles. The maximum atomic E-state index is 12.6. The number of carbonyl (C=O) groups excluding carboxylic acids is 1. The largest absolute Gasteiger partial charge is 0.495 e. The number of aliphatic carboxylic acids is 1. The van der Waals surface area contributed by atoms with Crippen molar-refractivity contribution in [1.82, 2.24) is 4.90 Å². The van der Waals surface area contributed by atoms with Crippen LogP contribution in [0.5, 0.6) is 5.75 Å². The fourth-order valence-corrected chi connectivity index (χ4v) is 4.10. The maximum absolute atomic E-state index is 12.6. The third-order valence-corrected chi connectivity index (χ3v) is 5.87. The maximum Gasteiger partial charge on any atom is 0.339 e. The second kappa shape index (κ2) is 8.86. The Kier molecular flexibility index (Phi) is 6.47. The number of carboxylic acids is 1. The minimum Gasteiger partial charge on any atom is -0.495 e. The average Bonchev–Trinajstić information content (AvgIpc) is 2.68. The fraction of sp³-hybridized carbons (Fsp3) is 0.476. The molecular weight excluding hydrogens is 398 g/mol. The highest BCUT2D eigenvalue weighted by molar-refractivity contribution is 6.32. The van der Waals surface area contributed by atoms with Gasteiger partial charge in [0, 0.05) is 42.9 Å². The first-order valence-electron chi connectivity index (χ1n) is 9.59. The van der Waals surface area contributed by atoms with Crippen molar-refractivity contribution in [1.29, 1.82) is 0 Å². The molecule has 1 fully saturated rings. The number of nitrogens with zero attached hydrogens (tertiary/aromatic N) is 1. The topological polar surface area (TPSA) is 97.0 Å². The van der Waals surface area contributed by atoms with Gasteiger partial charge in [0.1, 0.15) is 11.3 Å². The number of amides is 1. The molecule has 2 heterocycles. The SMILES string of the molecule is COc1cc2oc(=O)c(CCC(=O)N3CCC(CC(=O)O)CC3)c(C)c2cc1Cl. The molecule has 7 nitrogen and oxygen atoms in total. The van der Waals surface area contributed by atoms with Crippen LogP contribution in [0.1, 0.15) is 36.8 Å². The van der Waals surface area contributed by atoms with Gasteiger partial charge in [-0.3, -0.25) is 9.59 Å². The summed E-state index contributed by atoms with van der Waals surface area (Å²) in [4.78, 5) is 37.6. The predicted octanol–water partition coefficient (Wildman–Crippen LogP) is 3.41. The van der Waals surface area contributed by atoms with E-state index in [-0.39, 0.29) is 31.1 Å². The molecule has 0 unspecified atom stereocenters. The molecule has 1 aliphatic rings. The van der Waals surface area contributed by atoms with Crippen molar-refractivity contribution in [3.63, 3.8) is 0 Å². The van der Waals surface area contributed by atoms with Gasteiger partial charge in [-0.15, -0.1) is 0 Å². The summed E-state index contributed by atoms with van der Waals surface area (Å²) in [6.07, 6.45) is 2.00. The summed E-state index contributed by atoms with van der Waals surface area (Å²) < 4.78 is 10.6. The molecule has 0 atom stereocenters. The summed E-state index contributed by atoms with van der Waals surface area (Å²) >= 11 is 6.20. The summed E-state index contributed by atoms with van der Waals surface area (Å²) in [5, 5.41) is 10.0. The van der Waals surface area contributed by atoms with Gasteiger partial charge in [0.05, 0.1) is 12.1 Å². The summed E-state index contributed by atoms with van der Waals surface area (Å²) in [5.41, 5.74) is 1.14. The van der Waals surface area contributed by atoms with E-state index in [2.05, 4.69) is 0 Å². The van der Waals surface area contributed by atoms with E-state index in [1.165, 1.54) is 7.11 Å². The van der Waals surface area contributed by atoms with E-state index in [1.54, 1.807) is 17.0 Å². The van der Waals surface area contributed by atoms with Crippen molar-refractivity contribution >= 4 is 34.4 Å². The predicted molar refractivity (Wildman–Crippen MR) is 109 cm³/mol. The van der Waals surface area contributed by atoms with Crippen LogP contribution in [0.3, 0.4) is 0 Å². The molecule has 0 spiro atoms. The highest BCUT2D eigenvalue weighted by Crippen LogP contribution is 2.32. The van der Waals surface area contributed by atoms with Gasteiger partial charge in [0.25, 0.3) is 0 Å². The van der Waals surface area contributed by atoms with E-state index in [9.17, 15) is 14.4 Å². The van der Waals surface area contributed by atoms with Crippen LogP contribution in [0.2, 0.25) is 5.02 Å². The summed E-state index contributed by atoms with van der Waals surface area (Å²) in [6.45, 7) is 2.92. The Morgan fingerprint density at radius 2 is 2.00 bits per heavy atom. The lowest BCUT2D eigenvalue weighted by Gasteiger charge is -2.31. The fourth-order valence-electron chi connectivity index (χ4n) is 3.86. The Bertz CT molecular complexity index is 991. The lowest BCUT2D eigenvalue weighted by atomic mass is 9.93. The van der Waals surface area contributed by atoms with Crippen molar-refractivity contribution in [2.45, 2.75) is 39.0 Å². The number of benzene rings is 1.